The van der Waals surface area contributed by atoms with E-state index in [-0.39, 0.29) is 10.9 Å². The number of para-hydroxylation sites is 1. The van der Waals surface area contributed by atoms with E-state index < -0.39 is 5.82 Å². The van der Waals surface area contributed by atoms with Gasteiger partial charge in [0.25, 0.3) is 5.56 Å². The molecule has 0 amide bonds. The number of hydrogen-bond acceptors (Lipinski definition) is 2. The fourth-order valence-electron chi connectivity index (χ4n) is 1.87. The van der Waals surface area contributed by atoms with Crippen molar-refractivity contribution in [3.8, 4) is 5.69 Å². The van der Waals surface area contributed by atoms with Gasteiger partial charge < -0.3 is 0 Å². The molecule has 0 aliphatic rings. The minimum Gasteiger partial charge on any atom is -0.268 e. The van der Waals surface area contributed by atoms with Gasteiger partial charge in [-0.15, -0.1) is 0 Å². The summed E-state index contributed by atoms with van der Waals surface area (Å²) in [6.07, 6.45) is 1.46. The Morgan fingerprint density at radius 3 is 2.61 bits per heavy atom. The topological polar surface area (TPSA) is 34.9 Å². The summed E-state index contributed by atoms with van der Waals surface area (Å²) >= 11 is 0. The third-order valence-corrected chi connectivity index (χ3v) is 2.75. The third-order valence-electron chi connectivity index (χ3n) is 2.75. The van der Waals surface area contributed by atoms with E-state index in [9.17, 15) is 9.18 Å². The van der Waals surface area contributed by atoms with Crippen molar-refractivity contribution < 1.29 is 4.39 Å². The van der Waals surface area contributed by atoms with E-state index in [0.29, 0.717) is 11.2 Å². The number of hydrogen-bond donors (Lipinski definition) is 0. The van der Waals surface area contributed by atoms with Crippen LogP contribution in [-0.2, 0) is 0 Å². The predicted molar refractivity (Wildman–Crippen MR) is 67.3 cm³/mol. The monoisotopic (exact) mass is 240 g/mol. The zero-order valence-corrected chi connectivity index (χ0v) is 9.38. The molecule has 1 aromatic heterocycles. The van der Waals surface area contributed by atoms with Crippen LogP contribution >= 0.6 is 0 Å². The van der Waals surface area contributed by atoms with Gasteiger partial charge in [-0.25, -0.2) is 9.37 Å². The Bertz CT molecular complexity index is 766. The average molecular weight is 240 g/mol. The lowest BCUT2D eigenvalue weighted by Crippen LogP contribution is -2.18. The van der Waals surface area contributed by atoms with Gasteiger partial charge in [0.2, 0.25) is 0 Å². The molecule has 18 heavy (non-hydrogen) atoms. The van der Waals surface area contributed by atoms with Crippen LogP contribution in [0.5, 0.6) is 0 Å². The molecule has 0 saturated carbocycles. The summed E-state index contributed by atoms with van der Waals surface area (Å²) < 4.78 is 14.6. The Hall–Kier alpha value is -2.49. The lowest BCUT2D eigenvalue weighted by Gasteiger charge is -2.06. The Balaban J connectivity index is 2.33. The summed E-state index contributed by atoms with van der Waals surface area (Å²) in [5.41, 5.74) is 0.931. The zero-order valence-electron chi connectivity index (χ0n) is 9.38. The highest BCUT2D eigenvalue weighted by molar-refractivity contribution is 5.77. The Morgan fingerprint density at radius 2 is 1.83 bits per heavy atom. The molecule has 4 heteroatoms. The van der Waals surface area contributed by atoms with Gasteiger partial charge in [0, 0.05) is 0 Å². The molecule has 0 bridgehead atoms. The van der Waals surface area contributed by atoms with Crippen molar-refractivity contribution >= 4 is 10.9 Å². The maximum absolute atomic E-state index is 13.2. The first-order valence-electron chi connectivity index (χ1n) is 5.48. The molecule has 0 radical (unpaired) electrons. The molecule has 88 valence electrons. The first kappa shape index (κ1) is 10.7. The smallest absolute Gasteiger partial charge is 0.265 e. The van der Waals surface area contributed by atoms with Crippen molar-refractivity contribution in [2.75, 3.05) is 0 Å². The second kappa shape index (κ2) is 4.07. The van der Waals surface area contributed by atoms with Crippen LogP contribution in [0.2, 0.25) is 0 Å². The van der Waals surface area contributed by atoms with Crippen LogP contribution in [0.3, 0.4) is 0 Å². The second-order valence-electron chi connectivity index (χ2n) is 3.92. The predicted octanol–water partition coefficient (Wildman–Crippen LogP) is 2.52. The van der Waals surface area contributed by atoms with E-state index in [0.717, 1.165) is 0 Å². The number of benzene rings is 2. The molecular weight excluding hydrogens is 231 g/mol. The fourth-order valence-corrected chi connectivity index (χ4v) is 1.87. The second-order valence-corrected chi connectivity index (χ2v) is 3.92. The van der Waals surface area contributed by atoms with Crippen molar-refractivity contribution in [3.63, 3.8) is 0 Å². The maximum Gasteiger partial charge on any atom is 0.265 e. The van der Waals surface area contributed by atoms with E-state index >= 15 is 0 Å². The van der Waals surface area contributed by atoms with Crippen LogP contribution in [0.15, 0.2) is 59.7 Å². The Labute approximate surface area is 102 Å². The summed E-state index contributed by atoms with van der Waals surface area (Å²) in [6.45, 7) is 0. The fraction of sp³-hybridized carbons (Fsp3) is 0. The molecule has 3 nitrogen and oxygen atoms in total. The first-order chi connectivity index (χ1) is 8.75. The first-order valence-corrected chi connectivity index (χ1v) is 5.48. The van der Waals surface area contributed by atoms with Gasteiger partial charge in [0.1, 0.15) is 12.1 Å². The summed E-state index contributed by atoms with van der Waals surface area (Å²) in [6, 6.07) is 13.1. The van der Waals surface area contributed by atoms with Crippen LogP contribution < -0.4 is 5.56 Å². The van der Waals surface area contributed by atoms with Crippen molar-refractivity contribution in [1.29, 1.82) is 0 Å². The maximum atomic E-state index is 13.2. The molecule has 0 spiro atoms. The molecule has 0 aliphatic heterocycles. The van der Waals surface area contributed by atoms with E-state index in [1.165, 1.54) is 29.1 Å². The molecule has 2 aromatic carbocycles. The largest absolute Gasteiger partial charge is 0.268 e. The average Bonchev–Trinajstić information content (AvgIpc) is 2.41. The standard InChI is InChI=1S/C14H9FN2O/c15-10-6-7-13-12(8-10)14(18)17(9-16-13)11-4-2-1-3-5-11/h1-9H. The molecule has 3 rings (SSSR count). The molecule has 0 aliphatic carbocycles. The highest BCUT2D eigenvalue weighted by Gasteiger charge is 2.06. The summed E-state index contributed by atoms with van der Waals surface area (Å²) in [4.78, 5) is 16.4. The van der Waals surface area contributed by atoms with Crippen LogP contribution in [0.1, 0.15) is 0 Å². The molecule has 3 aromatic rings. The van der Waals surface area contributed by atoms with Gasteiger partial charge in [-0.2, -0.15) is 0 Å². The minimum atomic E-state index is -0.438. The molecular formula is C14H9FN2O. The lowest BCUT2D eigenvalue weighted by atomic mass is 10.2. The van der Waals surface area contributed by atoms with Gasteiger partial charge in [-0.3, -0.25) is 9.36 Å². The van der Waals surface area contributed by atoms with Crippen LogP contribution in [0.4, 0.5) is 4.39 Å². The molecule has 0 saturated heterocycles. The minimum absolute atomic E-state index is 0.272. The van der Waals surface area contributed by atoms with E-state index in [1.54, 1.807) is 12.1 Å². The molecule has 0 unspecified atom stereocenters. The molecule has 1 heterocycles. The summed E-state index contributed by atoms with van der Waals surface area (Å²) in [7, 11) is 0. The molecule has 0 N–H and O–H groups in total. The van der Waals surface area contributed by atoms with E-state index in [2.05, 4.69) is 4.98 Å². The number of rotatable bonds is 1. The Kier molecular flexibility index (Phi) is 2.41. The van der Waals surface area contributed by atoms with Crippen molar-refractivity contribution in [2.24, 2.45) is 0 Å². The lowest BCUT2D eigenvalue weighted by molar-refractivity contribution is 0.629. The van der Waals surface area contributed by atoms with E-state index in [1.807, 2.05) is 18.2 Å². The summed E-state index contributed by atoms with van der Waals surface area (Å²) in [5.74, 6) is -0.438. The highest BCUT2D eigenvalue weighted by atomic mass is 19.1. The van der Waals surface area contributed by atoms with Gasteiger partial charge in [0.15, 0.2) is 0 Å². The van der Waals surface area contributed by atoms with Crippen molar-refractivity contribution in [1.82, 2.24) is 9.55 Å². The number of nitrogens with zero attached hydrogens (tertiary/aromatic N) is 2. The number of halogens is 1. The van der Waals surface area contributed by atoms with E-state index in [4.69, 9.17) is 0 Å². The highest BCUT2D eigenvalue weighted by Crippen LogP contribution is 2.10. The number of aromatic nitrogens is 2. The van der Waals surface area contributed by atoms with Crippen LogP contribution in [-0.4, -0.2) is 9.55 Å². The van der Waals surface area contributed by atoms with Gasteiger partial charge in [0.05, 0.1) is 16.6 Å². The van der Waals surface area contributed by atoms with Crippen LogP contribution in [0.25, 0.3) is 16.6 Å². The normalized spacial score (nSPS) is 10.7. The quantitative estimate of drug-likeness (QED) is 0.655. The zero-order chi connectivity index (χ0) is 12.5. The SMILES string of the molecule is O=c1c2cc(F)ccc2ncn1-c1ccccc1. The van der Waals surface area contributed by atoms with Crippen molar-refractivity contribution in [2.45, 2.75) is 0 Å². The number of fused-ring (bicyclic) bond motifs is 1. The summed E-state index contributed by atoms with van der Waals surface area (Å²) in [5, 5.41) is 0.279. The van der Waals surface area contributed by atoms with Gasteiger partial charge >= 0.3 is 0 Å². The molecule has 0 atom stereocenters. The van der Waals surface area contributed by atoms with Gasteiger partial charge in [-0.05, 0) is 30.3 Å². The van der Waals surface area contributed by atoms with Gasteiger partial charge in [-0.1, -0.05) is 18.2 Å². The van der Waals surface area contributed by atoms with Crippen LogP contribution in [0, 0.1) is 5.82 Å². The van der Waals surface area contributed by atoms with Crippen molar-refractivity contribution in [3.05, 3.63) is 71.0 Å². The Morgan fingerprint density at radius 1 is 1.06 bits per heavy atom. The molecule has 0 fully saturated rings. The third kappa shape index (κ3) is 1.68.